The largest absolute Gasteiger partial charge is 0.503 e. The molecule has 0 saturated carbocycles. The maximum Gasteiger partial charge on any atom is 0.223 e. The standard InChI is InChI=1S/C25H34N4O2S/c1-26-22(19-29-14-16-32-17-15-29)18-24(30)25(31)23(26)20-28-12-10-27(11-13-28)9-5-8-21-6-3-2-4-7-21/h2-8,18,31H,9-17,19-20H2,1H3/b8-5+. The fourth-order valence-corrected chi connectivity index (χ4v) is 5.33. The summed E-state index contributed by atoms with van der Waals surface area (Å²) < 4.78 is 2.04. The van der Waals surface area contributed by atoms with E-state index in [1.165, 1.54) is 5.56 Å². The molecule has 32 heavy (non-hydrogen) atoms. The third-order valence-electron chi connectivity index (χ3n) is 6.44. The zero-order chi connectivity index (χ0) is 22.3. The van der Waals surface area contributed by atoms with Gasteiger partial charge in [0.05, 0.1) is 5.69 Å². The van der Waals surface area contributed by atoms with Crippen LogP contribution in [0.15, 0.2) is 47.3 Å². The molecule has 0 radical (unpaired) electrons. The molecule has 0 atom stereocenters. The van der Waals surface area contributed by atoms with Crippen molar-refractivity contribution in [3.05, 3.63) is 69.6 Å². The van der Waals surface area contributed by atoms with Gasteiger partial charge in [-0.1, -0.05) is 42.5 Å². The predicted molar refractivity (Wildman–Crippen MR) is 133 cm³/mol. The van der Waals surface area contributed by atoms with Crippen molar-refractivity contribution >= 4 is 17.8 Å². The van der Waals surface area contributed by atoms with Crippen LogP contribution in [-0.2, 0) is 20.1 Å². The second-order valence-corrected chi connectivity index (χ2v) is 9.86. The Morgan fingerprint density at radius 2 is 1.59 bits per heavy atom. The van der Waals surface area contributed by atoms with Crippen molar-refractivity contribution in [2.75, 3.05) is 57.3 Å². The van der Waals surface area contributed by atoms with Crippen LogP contribution in [-0.4, -0.2) is 81.7 Å². The highest BCUT2D eigenvalue weighted by molar-refractivity contribution is 7.99. The molecule has 1 N–H and O–H groups in total. The summed E-state index contributed by atoms with van der Waals surface area (Å²) in [6.07, 6.45) is 4.40. The summed E-state index contributed by atoms with van der Waals surface area (Å²) in [7, 11) is 1.98. The van der Waals surface area contributed by atoms with Crippen LogP contribution in [0.3, 0.4) is 0 Å². The van der Waals surface area contributed by atoms with Crippen molar-refractivity contribution in [3.8, 4) is 5.75 Å². The first kappa shape index (κ1) is 23.1. The molecule has 0 spiro atoms. The van der Waals surface area contributed by atoms with E-state index in [0.717, 1.165) is 75.3 Å². The Hall–Kier alpha value is -2.06. The third-order valence-corrected chi connectivity index (χ3v) is 7.38. The summed E-state index contributed by atoms with van der Waals surface area (Å²) in [6, 6.07) is 12.0. The van der Waals surface area contributed by atoms with E-state index in [1.54, 1.807) is 6.07 Å². The SMILES string of the molecule is Cn1c(CN2CCSCC2)cc(=O)c(O)c1CN1CCN(C/C=C/c2ccccc2)CC1. The number of pyridine rings is 1. The van der Waals surface area contributed by atoms with Gasteiger partial charge in [0.25, 0.3) is 0 Å². The van der Waals surface area contributed by atoms with Gasteiger partial charge in [0.2, 0.25) is 5.43 Å². The Kier molecular flexibility index (Phi) is 8.08. The molecule has 172 valence electrons. The van der Waals surface area contributed by atoms with Crippen LogP contribution in [0.4, 0.5) is 0 Å². The van der Waals surface area contributed by atoms with E-state index in [1.807, 2.05) is 29.4 Å². The number of aromatic nitrogens is 1. The molecule has 0 amide bonds. The van der Waals surface area contributed by atoms with Crippen LogP contribution >= 0.6 is 11.8 Å². The van der Waals surface area contributed by atoms with Crippen LogP contribution in [0.5, 0.6) is 5.75 Å². The topological polar surface area (TPSA) is 52.0 Å². The van der Waals surface area contributed by atoms with Crippen molar-refractivity contribution in [1.82, 2.24) is 19.3 Å². The second-order valence-electron chi connectivity index (χ2n) is 8.63. The number of rotatable bonds is 7. The van der Waals surface area contributed by atoms with Gasteiger partial charge in [0, 0.05) is 89.2 Å². The highest BCUT2D eigenvalue weighted by Gasteiger charge is 2.21. The second kappa shape index (κ2) is 11.2. The minimum atomic E-state index is -0.260. The van der Waals surface area contributed by atoms with E-state index in [0.29, 0.717) is 6.54 Å². The van der Waals surface area contributed by atoms with Crippen molar-refractivity contribution in [3.63, 3.8) is 0 Å². The maximum absolute atomic E-state index is 12.5. The summed E-state index contributed by atoms with van der Waals surface area (Å²) in [5.41, 5.74) is 2.69. The highest BCUT2D eigenvalue weighted by atomic mass is 32.2. The summed E-state index contributed by atoms with van der Waals surface area (Å²) in [5, 5.41) is 10.5. The zero-order valence-electron chi connectivity index (χ0n) is 18.9. The molecule has 1 aromatic carbocycles. The van der Waals surface area contributed by atoms with Gasteiger partial charge in [0.15, 0.2) is 5.75 Å². The highest BCUT2D eigenvalue weighted by Crippen LogP contribution is 2.19. The molecular weight excluding hydrogens is 420 g/mol. The van der Waals surface area contributed by atoms with Crippen LogP contribution in [0.1, 0.15) is 17.0 Å². The van der Waals surface area contributed by atoms with E-state index >= 15 is 0 Å². The molecule has 2 fully saturated rings. The Labute approximate surface area is 195 Å². The van der Waals surface area contributed by atoms with Gasteiger partial charge in [0.1, 0.15) is 0 Å². The van der Waals surface area contributed by atoms with Crippen LogP contribution in [0.25, 0.3) is 6.08 Å². The van der Waals surface area contributed by atoms with Crippen molar-refractivity contribution in [2.24, 2.45) is 7.05 Å². The van der Waals surface area contributed by atoms with E-state index in [2.05, 4.69) is 51.1 Å². The molecule has 3 heterocycles. The first-order valence-corrected chi connectivity index (χ1v) is 12.6. The average Bonchev–Trinajstić information content (AvgIpc) is 2.82. The number of hydrogen-bond donors (Lipinski definition) is 1. The normalized spacial score (nSPS) is 19.0. The fourth-order valence-electron chi connectivity index (χ4n) is 4.36. The molecule has 4 rings (SSSR count). The smallest absolute Gasteiger partial charge is 0.223 e. The lowest BCUT2D eigenvalue weighted by molar-refractivity contribution is 0.133. The molecule has 1 aromatic heterocycles. The average molecular weight is 455 g/mol. The molecule has 2 aromatic rings. The van der Waals surface area contributed by atoms with E-state index in [9.17, 15) is 9.90 Å². The van der Waals surface area contributed by atoms with Crippen LogP contribution < -0.4 is 5.43 Å². The van der Waals surface area contributed by atoms with Gasteiger partial charge in [-0.2, -0.15) is 11.8 Å². The summed E-state index contributed by atoms with van der Waals surface area (Å²) >= 11 is 1.98. The molecule has 2 aliphatic heterocycles. The lowest BCUT2D eigenvalue weighted by atomic mass is 10.2. The molecular formula is C25H34N4O2S. The molecule has 7 heteroatoms. The first-order chi connectivity index (χ1) is 15.6. The van der Waals surface area contributed by atoms with Gasteiger partial charge in [-0.3, -0.25) is 19.5 Å². The molecule has 0 bridgehead atoms. The van der Waals surface area contributed by atoms with Crippen LogP contribution in [0.2, 0.25) is 0 Å². The number of piperazine rings is 1. The summed E-state index contributed by atoms with van der Waals surface area (Å²) in [4.78, 5) is 19.6. The van der Waals surface area contributed by atoms with Crippen molar-refractivity contribution < 1.29 is 5.11 Å². The zero-order valence-corrected chi connectivity index (χ0v) is 19.8. The predicted octanol–water partition coefficient (Wildman–Crippen LogP) is 2.47. The van der Waals surface area contributed by atoms with Gasteiger partial charge in [-0.25, -0.2) is 0 Å². The Bertz CT molecular complexity index is 962. The van der Waals surface area contributed by atoms with Gasteiger partial charge < -0.3 is 9.67 Å². The van der Waals surface area contributed by atoms with E-state index in [4.69, 9.17) is 0 Å². The summed E-state index contributed by atoms with van der Waals surface area (Å²) in [5.74, 6) is 2.19. The molecule has 0 aliphatic carbocycles. The van der Waals surface area contributed by atoms with Gasteiger partial charge >= 0.3 is 0 Å². The lowest BCUT2D eigenvalue weighted by Crippen LogP contribution is -2.46. The van der Waals surface area contributed by atoms with E-state index in [-0.39, 0.29) is 11.2 Å². The van der Waals surface area contributed by atoms with E-state index < -0.39 is 0 Å². The Morgan fingerprint density at radius 3 is 2.31 bits per heavy atom. The molecule has 2 aliphatic rings. The Balaban J connectivity index is 1.34. The number of hydrogen-bond acceptors (Lipinski definition) is 6. The monoisotopic (exact) mass is 454 g/mol. The summed E-state index contributed by atoms with van der Waals surface area (Å²) in [6.45, 7) is 8.25. The molecule has 0 unspecified atom stereocenters. The van der Waals surface area contributed by atoms with Crippen molar-refractivity contribution in [2.45, 2.75) is 13.1 Å². The third kappa shape index (κ3) is 6.04. The van der Waals surface area contributed by atoms with Crippen molar-refractivity contribution in [1.29, 1.82) is 0 Å². The lowest BCUT2D eigenvalue weighted by Gasteiger charge is -2.35. The molecule has 6 nitrogen and oxygen atoms in total. The fraction of sp³-hybridized carbons (Fsp3) is 0.480. The van der Waals surface area contributed by atoms with Gasteiger partial charge in [-0.15, -0.1) is 0 Å². The quantitative estimate of drug-likeness (QED) is 0.694. The number of nitrogens with zero attached hydrogens (tertiary/aromatic N) is 4. The maximum atomic E-state index is 12.5. The first-order valence-electron chi connectivity index (χ1n) is 11.5. The minimum Gasteiger partial charge on any atom is -0.503 e. The number of aromatic hydroxyl groups is 1. The molecule has 2 saturated heterocycles. The minimum absolute atomic E-state index is 0.0985. The Morgan fingerprint density at radius 1 is 0.938 bits per heavy atom. The number of thioether (sulfide) groups is 1. The number of benzene rings is 1. The van der Waals surface area contributed by atoms with Gasteiger partial charge in [-0.05, 0) is 5.56 Å². The van der Waals surface area contributed by atoms with Crippen LogP contribution in [0, 0.1) is 0 Å².